The summed E-state index contributed by atoms with van der Waals surface area (Å²) in [6, 6.07) is 9.56. The highest BCUT2D eigenvalue weighted by molar-refractivity contribution is 5.80. The Kier molecular flexibility index (Phi) is 4.93. The van der Waals surface area contributed by atoms with Gasteiger partial charge in [-0.15, -0.1) is 0 Å². The lowest BCUT2D eigenvalue weighted by atomic mass is 10.1. The minimum absolute atomic E-state index is 0.134. The molecule has 0 saturated carbocycles. The summed E-state index contributed by atoms with van der Waals surface area (Å²) in [6.07, 6.45) is 2.88. The average molecular weight is 284 g/mol. The van der Waals surface area contributed by atoms with Gasteiger partial charge in [-0.25, -0.2) is 0 Å². The lowest BCUT2D eigenvalue weighted by Crippen LogP contribution is -2.35. The van der Waals surface area contributed by atoms with E-state index in [4.69, 9.17) is 4.74 Å². The van der Waals surface area contributed by atoms with E-state index in [0.29, 0.717) is 12.3 Å². The monoisotopic (exact) mass is 284 g/mol. The Balaban J connectivity index is 1.88. The van der Waals surface area contributed by atoms with Crippen molar-refractivity contribution in [3.8, 4) is 5.75 Å². The van der Waals surface area contributed by atoms with Crippen molar-refractivity contribution in [3.05, 3.63) is 59.4 Å². The standard InChI is InChI=1S/C17H20N2O2/c1-12-4-5-16(10-13(12)2)21-14(3)17(20)19-11-15-6-8-18-9-7-15/h4-10,14H,11H2,1-3H3,(H,19,20). The molecule has 1 amide bonds. The van der Waals surface area contributed by atoms with E-state index < -0.39 is 6.10 Å². The Morgan fingerprint density at radius 2 is 1.90 bits per heavy atom. The van der Waals surface area contributed by atoms with E-state index in [9.17, 15) is 4.79 Å². The van der Waals surface area contributed by atoms with Crippen molar-refractivity contribution in [2.45, 2.75) is 33.4 Å². The van der Waals surface area contributed by atoms with Crippen molar-refractivity contribution in [2.24, 2.45) is 0 Å². The molecule has 0 aliphatic heterocycles. The number of hydrogen-bond donors (Lipinski definition) is 1. The van der Waals surface area contributed by atoms with Gasteiger partial charge in [-0.3, -0.25) is 9.78 Å². The van der Waals surface area contributed by atoms with Gasteiger partial charge in [-0.05, 0) is 61.7 Å². The molecular formula is C17H20N2O2. The third kappa shape index (κ3) is 4.31. The Morgan fingerprint density at radius 3 is 2.57 bits per heavy atom. The number of rotatable bonds is 5. The van der Waals surface area contributed by atoms with Gasteiger partial charge in [0.05, 0.1) is 0 Å². The summed E-state index contributed by atoms with van der Waals surface area (Å²) in [7, 11) is 0. The maximum absolute atomic E-state index is 12.0. The van der Waals surface area contributed by atoms with Crippen molar-refractivity contribution >= 4 is 5.91 Å². The van der Waals surface area contributed by atoms with E-state index in [2.05, 4.69) is 10.3 Å². The predicted octanol–water partition coefficient (Wildman–Crippen LogP) is 2.78. The molecule has 110 valence electrons. The normalized spacial score (nSPS) is 11.8. The summed E-state index contributed by atoms with van der Waals surface area (Å²) in [6.45, 7) is 6.29. The average Bonchev–Trinajstić information content (AvgIpc) is 2.49. The van der Waals surface area contributed by atoms with Crippen LogP contribution in [0.25, 0.3) is 0 Å². The molecule has 1 unspecified atom stereocenters. The first kappa shape index (κ1) is 15.0. The second-order valence-corrected chi connectivity index (χ2v) is 5.08. The zero-order valence-electron chi connectivity index (χ0n) is 12.6. The van der Waals surface area contributed by atoms with E-state index >= 15 is 0 Å². The molecule has 0 bridgehead atoms. The predicted molar refractivity (Wildman–Crippen MR) is 82.1 cm³/mol. The molecule has 0 saturated heterocycles. The zero-order chi connectivity index (χ0) is 15.2. The third-order valence-electron chi connectivity index (χ3n) is 3.38. The molecular weight excluding hydrogens is 264 g/mol. The summed E-state index contributed by atoms with van der Waals surface area (Å²) in [5, 5.41) is 2.85. The van der Waals surface area contributed by atoms with Crippen LogP contribution < -0.4 is 10.1 Å². The van der Waals surface area contributed by atoms with Gasteiger partial charge in [-0.2, -0.15) is 0 Å². The number of nitrogens with one attached hydrogen (secondary N) is 1. The van der Waals surface area contributed by atoms with E-state index in [1.807, 2.05) is 44.2 Å². The third-order valence-corrected chi connectivity index (χ3v) is 3.38. The molecule has 0 aliphatic rings. The first-order valence-corrected chi connectivity index (χ1v) is 6.97. The molecule has 1 N–H and O–H groups in total. The van der Waals surface area contributed by atoms with Crippen LogP contribution in [0.2, 0.25) is 0 Å². The SMILES string of the molecule is Cc1ccc(OC(C)C(=O)NCc2ccncc2)cc1C. The van der Waals surface area contributed by atoms with Crippen molar-refractivity contribution < 1.29 is 9.53 Å². The molecule has 1 atom stereocenters. The van der Waals surface area contributed by atoms with Gasteiger partial charge in [-0.1, -0.05) is 6.07 Å². The highest BCUT2D eigenvalue weighted by Gasteiger charge is 2.14. The topological polar surface area (TPSA) is 51.2 Å². The van der Waals surface area contributed by atoms with Crippen molar-refractivity contribution in [2.75, 3.05) is 0 Å². The van der Waals surface area contributed by atoms with Crippen molar-refractivity contribution in [1.29, 1.82) is 0 Å². The highest BCUT2D eigenvalue weighted by atomic mass is 16.5. The fraction of sp³-hybridized carbons (Fsp3) is 0.294. The van der Waals surface area contributed by atoms with E-state index in [-0.39, 0.29) is 5.91 Å². The minimum Gasteiger partial charge on any atom is -0.481 e. The Hall–Kier alpha value is -2.36. The Labute approximate surface area is 125 Å². The van der Waals surface area contributed by atoms with E-state index in [1.54, 1.807) is 19.3 Å². The molecule has 0 radical (unpaired) electrons. The molecule has 0 spiro atoms. The summed E-state index contributed by atoms with van der Waals surface area (Å²) < 4.78 is 5.68. The number of ether oxygens (including phenoxy) is 1. The highest BCUT2D eigenvalue weighted by Crippen LogP contribution is 2.17. The quantitative estimate of drug-likeness (QED) is 0.918. The molecule has 1 aromatic heterocycles. The molecule has 4 nitrogen and oxygen atoms in total. The Bertz CT molecular complexity index is 611. The fourth-order valence-electron chi connectivity index (χ4n) is 1.88. The van der Waals surface area contributed by atoms with Crippen LogP contribution in [0.3, 0.4) is 0 Å². The van der Waals surface area contributed by atoms with Gasteiger partial charge in [0.2, 0.25) is 0 Å². The second kappa shape index (κ2) is 6.88. The molecule has 2 rings (SSSR count). The molecule has 1 heterocycles. The minimum atomic E-state index is -0.533. The Morgan fingerprint density at radius 1 is 1.19 bits per heavy atom. The summed E-state index contributed by atoms with van der Waals surface area (Å²) in [5.74, 6) is 0.578. The van der Waals surface area contributed by atoms with Gasteiger partial charge < -0.3 is 10.1 Å². The van der Waals surface area contributed by atoms with E-state index in [1.165, 1.54) is 5.56 Å². The number of carbonyl (C=O) groups excluding carboxylic acids is 1. The maximum Gasteiger partial charge on any atom is 0.261 e. The molecule has 2 aromatic rings. The second-order valence-electron chi connectivity index (χ2n) is 5.08. The van der Waals surface area contributed by atoms with Gasteiger partial charge in [0.15, 0.2) is 6.10 Å². The number of aromatic nitrogens is 1. The lowest BCUT2D eigenvalue weighted by Gasteiger charge is -2.15. The van der Waals surface area contributed by atoms with Crippen LogP contribution in [-0.4, -0.2) is 17.0 Å². The van der Waals surface area contributed by atoms with Crippen LogP contribution in [0, 0.1) is 13.8 Å². The zero-order valence-corrected chi connectivity index (χ0v) is 12.6. The van der Waals surface area contributed by atoms with Crippen LogP contribution in [0.1, 0.15) is 23.6 Å². The first-order chi connectivity index (χ1) is 10.1. The number of benzene rings is 1. The molecule has 0 fully saturated rings. The lowest BCUT2D eigenvalue weighted by molar-refractivity contribution is -0.127. The fourth-order valence-corrected chi connectivity index (χ4v) is 1.88. The summed E-state index contributed by atoms with van der Waals surface area (Å²) in [4.78, 5) is 16.0. The number of pyridine rings is 1. The largest absolute Gasteiger partial charge is 0.481 e. The number of hydrogen-bond acceptors (Lipinski definition) is 3. The number of carbonyl (C=O) groups is 1. The van der Waals surface area contributed by atoms with Gasteiger partial charge >= 0.3 is 0 Å². The van der Waals surface area contributed by atoms with Gasteiger partial charge in [0.1, 0.15) is 5.75 Å². The first-order valence-electron chi connectivity index (χ1n) is 6.97. The van der Waals surface area contributed by atoms with Crippen LogP contribution in [0.15, 0.2) is 42.7 Å². The van der Waals surface area contributed by atoms with E-state index in [0.717, 1.165) is 11.1 Å². The van der Waals surface area contributed by atoms with Crippen LogP contribution in [0.5, 0.6) is 5.75 Å². The number of nitrogens with zero attached hydrogens (tertiary/aromatic N) is 1. The smallest absolute Gasteiger partial charge is 0.261 e. The van der Waals surface area contributed by atoms with Gasteiger partial charge in [0.25, 0.3) is 5.91 Å². The molecule has 0 aliphatic carbocycles. The summed E-state index contributed by atoms with van der Waals surface area (Å²) >= 11 is 0. The maximum atomic E-state index is 12.0. The molecule has 4 heteroatoms. The molecule has 1 aromatic carbocycles. The molecule has 21 heavy (non-hydrogen) atoms. The summed E-state index contributed by atoms with van der Waals surface area (Å²) in [5.41, 5.74) is 3.37. The number of aryl methyl sites for hydroxylation is 2. The van der Waals surface area contributed by atoms with Crippen molar-refractivity contribution in [3.63, 3.8) is 0 Å². The van der Waals surface area contributed by atoms with Crippen LogP contribution in [0.4, 0.5) is 0 Å². The van der Waals surface area contributed by atoms with Crippen LogP contribution in [-0.2, 0) is 11.3 Å². The number of amides is 1. The van der Waals surface area contributed by atoms with Crippen molar-refractivity contribution in [1.82, 2.24) is 10.3 Å². The van der Waals surface area contributed by atoms with Gasteiger partial charge in [0, 0.05) is 18.9 Å². The van der Waals surface area contributed by atoms with Crippen LogP contribution >= 0.6 is 0 Å².